The number of nitrogens with one attached hydrogen (secondary N) is 1. The van der Waals surface area contributed by atoms with Crippen molar-refractivity contribution in [3.8, 4) is 0 Å². The van der Waals surface area contributed by atoms with Crippen molar-refractivity contribution in [2.45, 2.75) is 12.0 Å². The summed E-state index contributed by atoms with van der Waals surface area (Å²) < 4.78 is 0. The van der Waals surface area contributed by atoms with Gasteiger partial charge in [0.1, 0.15) is 5.54 Å². The molecule has 1 heterocycles. The number of nitrogens with two attached hydrogens (primary N) is 1. The van der Waals surface area contributed by atoms with Crippen molar-refractivity contribution in [3.05, 3.63) is 72.3 Å². The molecule has 1 unspecified atom stereocenters. The number of ketones is 1. The number of carbonyl (C=O) groups excluding carboxylic acids is 1. The number of nitrogens with zero attached hydrogens (tertiary/aromatic N) is 1. The van der Waals surface area contributed by atoms with Crippen LogP contribution in [0, 0.1) is 0 Å². The molecule has 20 heavy (non-hydrogen) atoms. The summed E-state index contributed by atoms with van der Waals surface area (Å²) in [5.41, 5.74) is 7.37. The van der Waals surface area contributed by atoms with Crippen molar-refractivity contribution in [2.75, 3.05) is 0 Å². The fourth-order valence-electron chi connectivity index (χ4n) is 2.39. The predicted molar refractivity (Wildman–Crippen MR) is 78.0 cm³/mol. The maximum atomic E-state index is 12.5. The fourth-order valence-corrected chi connectivity index (χ4v) is 2.39. The highest BCUT2D eigenvalue weighted by atomic mass is 16.1. The first-order valence-electron chi connectivity index (χ1n) is 6.46. The van der Waals surface area contributed by atoms with E-state index in [0.717, 1.165) is 11.1 Å². The molecule has 4 nitrogen and oxygen atoms in total. The average Bonchev–Trinajstić information content (AvgIpc) is 3.01. The van der Waals surface area contributed by atoms with Gasteiger partial charge in [0.15, 0.2) is 5.82 Å². The monoisotopic (exact) mass is 265 g/mol. The molecule has 3 rings (SSSR count). The van der Waals surface area contributed by atoms with Crippen LogP contribution in [0.25, 0.3) is 5.57 Å². The second-order valence-corrected chi connectivity index (χ2v) is 4.90. The zero-order chi connectivity index (χ0) is 14.0. The van der Waals surface area contributed by atoms with Gasteiger partial charge in [0.05, 0.1) is 0 Å². The summed E-state index contributed by atoms with van der Waals surface area (Å²) in [7, 11) is 0. The minimum atomic E-state index is -1.04. The summed E-state index contributed by atoms with van der Waals surface area (Å²) >= 11 is 0. The van der Waals surface area contributed by atoms with Gasteiger partial charge in [-0.15, -0.1) is 0 Å². The van der Waals surface area contributed by atoms with Crippen molar-refractivity contribution in [3.63, 3.8) is 0 Å². The molecule has 1 aromatic carbocycles. The molecule has 0 saturated carbocycles. The predicted octanol–water partition coefficient (Wildman–Crippen LogP) is 2.33. The Balaban J connectivity index is 1.89. The summed E-state index contributed by atoms with van der Waals surface area (Å²) in [5.74, 6) is 0.103. The molecular weight excluding hydrogens is 250 g/mol. The van der Waals surface area contributed by atoms with E-state index in [-0.39, 0.29) is 5.78 Å². The van der Waals surface area contributed by atoms with Gasteiger partial charge < -0.3 is 10.7 Å². The number of carbonyl (C=O) groups is 1. The molecule has 0 bridgehead atoms. The van der Waals surface area contributed by atoms with Crippen LogP contribution in [0.3, 0.4) is 0 Å². The Morgan fingerprint density at radius 3 is 2.80 bits per heavy atom. The topological polar surface area (TPSA) is 71.8 Å². The molecule has 0 spiro atoms. The Morgan fingerprint density at radius 2 is 2.10 bits per heavy atom. The van der Waals surface area contributed by atoms with Crippen LogP contribution in [0.4, 0.5) is 0 Å². The van der Waals surface area contributed by atoms with Gasteiger partial charge in [0, 0.05) is 18.8 Å². The number of rotatable bonds is 3. The van der Waals surface area contributed by atoms with Crippen molar-refractivity contribution < 1.29 is 4.79 Å². The van der Waals surface area contributed by atoms with Crippen LogP contribution in [-0.4, -0.2) is 21.3 Å². The van der Waals surface area contributed by atoms with Crippen LogP contribution in [0.5, 0.6) is 0 Å². The van der Waals surface area contributed by atoms with Gasteiger partial charge >= 0.3 is 0 Å². The third-order valence-corrected chi connectivity index (χ3v) is 3.45. The van der Waals surface area contributed by atoms with Crippen molar-refractivity contribution in [1.82, 2.24) is 9.97 Å². The van der Waals surface area contributed by atoms with E-state index in [1.54, 1.807) is 18.5 Å². The first kappa shape index (κ1) is 12.6. The third-order valence-electron chi connectivity index (χ3n) is 3.45. The Hall–Kier alpha value is -2.46. The highest BCUT2D eigenvalue weighted by molar-refractivity contribution is 6.03. The van der Waals surface area contributed by atoms with Crippen LogP contribution in [0.2, 0.25) is 0 Å². The van der Waals surface area contributed by atoms with Gasteiger partial charge in [-0.05, 0) is 11.1 Å². The molecule has 1 aliphatic carbocycles. The van der Waals surface area contributed by atoms with E-state index in [9.17, 15) is 4.79 Å². The molecule has 0 fully saturated rings. The molecule has 1 aromatic heterocycles. The molecular formula is C16H15N3O. The maximum Gasteiger partial charge on any atom is 0.222 e. The molecule has 0 radical (unpaired) electrons. The highest BCUT2D eigenvalue weighted by Crippen LogP contribution is 2.30. The molecule has 1 aliphatic rings. The first-order valence-corrected chi connectivity index (χ1v) is 6.46. The molecule has 2 aromatic rings. The molecule has 0 amide bonds. The Kier molecular flexibility index (Phi) is 3.08. The smallest absolute Gasteiger partial charge is 0.222 e. The number of imidazole rings is 1. The lowest BCUT2D eigenvalue weighted by Gasteiger charge is -2.27. The quantitative estimate of drug-likeness (QED) is 0.837. The molecule has 0 aliphatic heterocycles. The first-order chi connectivity index (χ1) is 9.69. The molecule has 0 saturated heterocycles. The van der Waals surface area contributed by atoms with E-state index in [1.165, 1.54) is 0 Å². The number of benzene rings is 1. The molecule has 100 valence electrons. The van der Waals surface area contributed by atoms with E-state index >= 15 is 0 Å². The Labute approximate surface area is 117 Å². The minimum absolute atomic E-state index is 0.194. The minimum Gasteiger partial charge on any atom is -0.342 e. The lowest BCUT2D eigenvalue weighted by atomic mass is 9.81. The lowest BCUT2D eigenvalue weighted by molar-refractivity contribution is 0.0913. The number of aromatic amines is 1. The summed E-state index contributed by atoms with van der Waals surface area (Å²) in [6.45, 7) is 0. The summed E-state index contributed by atoms with van der Waals surface area (Å²) in [6, 6.07) is 9.94. The zero-order valence-electron chi connectivity index (χ0n) is 10.9. The second-order valence-electron chi connectivity index (χ2n) is 4.90. The van der Waals surface area contributed by atoms with Crippen LogP contribution in [-0.2, 0) is 0 Å². The van der Waals surface area contributed by atoms with E-state index in [4.69, 9.17) is 5.73 Å². The highest BCUT2D eigenvalue weighted by Gasteiger charge is 2.35. The van der Waals surface area contributed by atoms with Crippen LogP contribution < -0.4 is 5.73 Å². The SMILES string of the molecule is NC1(C(=O)c2ncc[nH]2)C=CC=C(c2ccccc2)C1. The van der Waals surface area contributed by atoms with Crippen LogP contribution in [0.15, 0.2) is 61.0 Å². The summed E-state index contributed by atoms with van der Waals surface area (Å²) in [4.78, 5) is 19.3. The Morgan fingerprint density at radius 1 is 1.30 bits per heavy atom. The van der Waals surface area contributed by atoms with Crippen LogP contribution in [0.1, 0.15) is 22.6 Å². The van der Waals surface area contributed by atoms with E-state index < -0.39 is 5.54 Å². The molecule has 1 atom stereocenters. The lowest BCUT2D eigenvalue weighted by Crippen LogP contribution is -2.47. The number of H-pyrrole nitrogens is 1. The number of allylic oxidation sites excluding steroid dienone is 2. The van der Waals surface area contributed by atoms with Gasteiger partial charge in [-0.1, -0.05) is 48.6 Å². The van der Waals surface area contributed by atoms with E-state index in [2.05, 4.69) is 9.97 Å². The number of Topliss-reactive ketones (excluding diaryl/α,β-unsaturated/α-hetero) is 1. The maximum absolute atomic E-state index is 12.5. The summed E-state index contributed by atoms with van der Waals surface area (Å²) in [5, 5.41) is 0. The number of hydrogen-bond donors (Lipinski definition) is 2. The van der Waals surface area contributed by atoms with Crippen molar-refractivity contribution in [2.24, 2.45) is 5.73 Å². The molecule has 3 N–H and O–H groups in total. The van der Waals surface area contributed by atoms with E-state index in [0.29, 0.717) is 12.2 Å². The van der Waals surface area contributed by atoms with Gasteiger partial charge in [-0.2, -0.15) is 0 Å². The zero-order valence-corrected chi connectivity index (χ0v) is 10.9. The Bertz CT molecular complexity index is 671. The fraction of sp³-hybridized carbons (Fsp3) is 0.125. The number of hydrogen-bond acceptors (Lipinski definition) is 3. The van der Waals surface area contributed by atoms with Crippen LogP contribution >= 0.6 is 0 Å². The van der Waals surface area contributed by atoms with Crippen molar-refractivity contribution >= 4 is 11.4 Å². The van der Waals surface area contributed by atoms with Crippen molar-refractivity contribution in [1.29, 1.82) is 0 Å². The standard InChI is InChI=1S/C16H15N3O/c17-16(14(20)15-18-9-10-19-15)8-4-7-13(11-16)12-5-2-1-3-6-12/h1-10H,11,17H2,(H,18,19). The normalized spacial score (nSPS) is 21.6. The van der Waals surface area contributed by atoms with Gasteiger partial charge in [-0.25, -0.2) is 4.98 Å². The van der Waals surface area contributed by atoms with Gasteiger partial charge in [0.25, 0.3) is 0 Å². The van der Waals surface area contributed by atoms with Gasteiger partial charge in [-0.3, -0.25) is 4.79 Å². The average molecular weight is 265 g/mol. The second kappa shape index (κ2) is 4.90. The largest absolute Gasteiger partial charge is 0.342 e. The third kappa shape index (κ3) is 2.21. The molecule has 4 heteroatoms. The number of aromatic nitrogens is 2. The summed E-state index contributed by atoms with van der Waals surface area (Å²) in [6.07, 6.45) is 9.22. The van der Waals surface area contributed by atoms with E-state index in [1.807, 2.05) is 42.5 Å². The van der Waals surface area contributed by atoms with Gasteiger partial charge in [0.2, 0.25) is 5.78 Å².